The molecule has 1 N–H and O–H groups in total. The Bertz CT molecular complexity index is 1340. The van der Waals surface area contributed by atoms with Crippen LogP contribution in [0.3, 0.4) is 0 Å². The predicted octanol–water partition coefficient (Wildman–Crippen LogP) is 3.83. The van der Waals surface area contributed by atoms with Crippen LogP contribution in [0.25, 0.3) is 22.4 Å². The largest absolute Gasteiger partial charge is 0.453 e. The van der Waals surface area contributed by atoms with Gasteiger partial charge in [-0.15, -0.1) is 0 Å². The summed E-state index contributed by atoms with van der Waals surface area (Å²) in [5.41, 5.74) is 2.24. The van der Waals surface area contributed by atoms with Crippen LogP contribution in [0.1, 0.15) is 38.6 Å². The lowest BCUT2D eigenvalue weighted by molar-refractivity contribution is 0.0303. The smallest absolute Gasteiger partial charge is 0.411 e. The fourth-order valence-electron chi connectivity index (χ4n) is 5.75. The zero-order valence-electron chi connectivity index (χ0n) is 22.2. The summed E-state index contributed by atoms with van der Waals surface area (Å²) in [6.07, 6.45) is 5.15. The molecule has 3 fully saturated rings. The Morgan fingerprint density at radius 3 is 2.44 bits per heavy atom. The van der Waals surface area contributed by atoms with Crippen molar-refractivity contribution in [2.24, 2.45) is 0 Å². The summed E-state index contributed by atoms with van der Waals surface area (Å²) < 4.78 is 17.9. The number of nitrogens with zero attached hydrogens (tertiary/aromatic N) is 6. The Balaban J connectivity index is 1.34. The second-order valence-corrected chi connectivity index (χ2v) is 10.2. The molecule has 206 valence electrons. The number of morpholine rings is 1. The lowest BCUT2D eigenvalue weighted by Crippen LogP contribution is -2.43. The first-order valence-corrected chi connectivity index (χ1v) is 13.5. The second-order valence-electron chi connectivity index (χ2n) is 10.2. The molecule has 0 radical (unpaired) electrons. The van der Waals surface area contributed by atoms with Crippen LogP contribution < -0.4 is 10.2 Å². The zero-order valence-corrected chi connectivity index (χ0v) is 22.2. The third-order valence-corrected chi connectivity index (χ3v) is 7.68. The zero-order chi connectivity index (χ0) is 26.9. The van der Waals surface area contributed by atoms with Crippen molar-refractivity contribution in [2.45, 2.75) is 50.9 Å². The molecule has 0 spiro atoms. The van der Waals surface area contributed by atoms with Gasteiger partial charge < -0.3 is 24.0 Å². The number of rotatable bonds is 5. The number of ether oxygens (including phenoxy) is 3. The van der Waals surface area contributed by atoms with Gasteiger partial charge in [-0.3, -0.25) is 5.32 Å². The standard InChI is InChI=1S/C27H33N7O5/c1-3-38-26(35)29-18-6-4-17(5-7-18)23-30-24(33-15-20-8-9-21(16-33)39-20)22-14-28-34(25(22)31-23)19-10-12-32(13-11-19)27(36)37-2/h4-7,14,19-21H,3,8-13,15-16H2,1-2H3,(H,29,35). The van der Waals surface area contributed by atoms with Crippen molar-refractivity contribution < 1.29 is 23.8 Å². The molecule has 39 heavy (non-hydrogen) atoms. The first-order chi connectivity index (χ1) is 19.0. The van der Waals surface area contributed by atoms with E-state index in [0.717, 1.165) is 61.2 Å². The van der Waals surface area contributed by atoms with Crippen LogP contribution in [0.15, 0.2) is 30.5 Å². The number of anilines is 2. The summed E-state index contributed by atoms with van der Waals surface area (Å²) in [7, 11) is 1.41. The molecule has 3 aliphatic heterocycles. The molecule has 6 rings (SSSR count). The second kappa shape index (κ2) is 10.7. The van der Waals surface area contributed by atoms with E-state index in [-0.39, 0.29) is 24.3 Å². The average molecular weight is 536 g/mol. The Hall–Kier alpha value is -3.93. The van der Waals surface area contributed by atoms with Crippen LogP contribution in [0, 0.1) is 0 Å². The lowest BCUT2D eigenvalue weighted by atomic mass is 10.1. The molecule has 0 aliphatic carbocycles. The maximum absolute atomic E-state index is 12.0. The normalized spacial score (nSPS) is 21.3. The molecule has 0 saturated carbocycles. The van der Waals surface area contributed by atoms with Gasteiger partial charge in [0.15, 0.2) is 11.5 Å². The molecule has 5 heterocycles. The van der Waals surface area contributed by atoms with Crippen molar-refractivity contribution in [3.8, 4) is 11.4 Å². The maximum Gasteiger partial charge on any atom is 0.411 e. The molecule has 2 unspecified atom stereocenters. The maximum atomic E-state index is 12.0. The number of aromatic nitrogens is 4. The number of carbonyl (C=O) groups is 2. The van der Waals surface area contributed by atoms with E-state index in [0.29, 0.717) is 31.2 Å². The van der Waals surface area contributed by atoms with Crippen molar-refractivity contribution in [2.75, 3.05) is 50.1 Å². The molecule has 2 aromatic heterocycles. The van der Waals surface area contributed by atoms with Gasteiger partial charge in [0.05, 0.1) is 43.5 Å². The lowest BCUT2D eigenvalue weighted by Gasteiger charge is -2.33. The van der Waals surface area contributed by atoms with Crippen LogP contribution in [0.5, 0.6) is 0 Å². The van der Waals surface area contributed by atoms with E-state index in [4.69, 9.17) is 29.3 Å². The van der Waals surface area contributed by atoms with E-state index in [2.05, 4.69) is 10.2 Å². The highest BCUT2D eigenvalue weighted by Gasteiger charge is 2.36. The molecular formula is C27H33N7O5. The molecule has 1 aromatic carbocycles. The summed E-state index contributed by atoms with van der Waals surface area (Å²) in [4.78, 5) is 37.9. The van der Waals surface area contributed by atoms with Gasteiger partial charge in [0.25, 0.3) is 0 Å². The third kappa shape index (κ3) is 5.08. The fourth-order valence-corrected chi connectivity index (χ4v) is 5.75. The van der Waals surface area contributed by atoms with E-state index < -0.39 is 6.09 Å². The summed E-state index contributed by atoms with van der Waals surface area (Å²) >= 11 is 0. The molecule has 3 aromatic rings. The van der Waals surface area contributed by atoms with Crippen LogP contribution >= 0.6 is 0 Å². The number of piperidine rings is 1. The van der Waals surface area contributed by atoms with Gasteiger partial charge >= 0.3 is 12.2 Å². The Kier molecular flexibility index (Phi) is 6.94. The monoisotopic (exact) mass is 535 g/mol. The van der Waals surface area contributed by atoms with Crippen molar-refractivity contribution in [3.05, 3.63) is 30.5 Å². The third-order valence-electron chi connectivity index (χ3n) is 7.68. The number of hydrogen-bond acceptors (Lipinski definition) is 9. The summed E-state index contributed by atoms with van der Waals surface area (Å²) in [6.45, 7) is 4.84. The number of carbonyl (C=O) groups excluding carboxylic acids is 2. The van der Waals surface area contributed by atoms with Crippen LogP contribution in [0.2, 0.25) is 0 Å². The molecule has 2 amide bonds. The minimum absolute atomic E-state index is 0.107. The van der Waals surface area contributed by atoms with Crippen LogP contribution in [-0.4, -0.2) is 88.9 Å². The van der Waals surface area contributed by atoms with Crippen LogP contribution in [0.4, 0.5) is 21.1 Å². The number of nitrogens with one attached hydrogen (secondary N) is 1. The first-order valence-electron chi connectivity index (χ1n) is 13.5. The number of amides is 2. The highest BCUT2D eigenvalue weighted by Crippen LogP contribution is 2.35. The van der Waals surface area contributed by atoms with E-state index in [1.807, 2.05) is 35.1 Å². The SMILES string of the molecule is CCOC(=O)Nc1ccc(-c2nc(N3CC4CCC(C3)O4)c3cnn(C4CCN(C(=O)OC)CC4)c3n2)cc1. The van der Waals surface area contributed by atoms with Crippen molar-refractivity contribution >= 4 is 34.7 Å². The summed E-state index contributed by atoms with van der Waals surface area (Å²) in [5.74, 6) is 1.45. The minimum atomic E-state index is -0.491. The van der Waals surface area contributed by atoms with Gasteiger partial charge in [-0.05, 0) is 56.9 Å². The first kappa shape index (κ1) is 25.4. The van der Waals surface area contributed by atoms with Crippen molar-refractivity contribution in [3.63, 3.8) is 0 Å². The Morgan fingerprint density at radius 1 is 1.05 bits per heavy atom. The molecule has 12 nitrogen and oxygen atoms in total. The number of benzene rings is 1. The van der Waals surface area contributed by atoms with Gasteiger partial charge in [0, 0.05) is 37.4 Å². The fraction of sp³-hybridized carbons (Fsp3) is 0.519. The topological polar surface area (TPSA) is 124 Å². The van der Waals surface area contributed by atoms with Gasteiger partial charge in [-0.1, -0.05) is 0 Å². The molecule has 2 bridgehead atoms. The summed E-state index contributed by atoms with van der Waals surface area (Å²) in [5, 5.41) is 8.41. The predicted molar refractivity (Wildman–Crippen MR) is 144 cm³/mol. The number of likely N-dealkylation sites (tertiary alicyclic amines) is 1. The Labute approximate surface area is 226 Å². The van der Waals surface area contributed by atoms with E-state index >= 15 is 0 Å². The summed E-state index contributed by atoms with van der Waals surface area (Å²) in [6, 6.07) is 7.52. The number of fused-ring (bicyclic) bond motifs is 3. The quantitative estimate of drug-likeness (QED) is 0.519. The molecule has 12 heteroatoms. The average Bonchev–Trinajstić information content (AvgIpc) is 3.54. The van der Waals surface area contributed by atoms with E-state index in [1.54, 1.807) is 11.8 Å². The number of hydrogen-bond donors (Lipinski definition) is 1. The van der Waals surface area contributed by atoms with Gasteiger partial charge in [-0.2, -0.15) is 5.10 Å². The molecule has 3 aliphatic rings. The highest BCUT2D eigenvalue weighted by atomic mass is 16.5. The minimum Gasteiger partial charge on any atom is -0.453 e. The van der Waals surface area contributed by atoms with Gasteiger partial charge in [0.1, 0.15) is 5.82 Å². The van der Waals surface area contributed by atoms with Gasteiger partial charge in [0.2, 0.25) is 0 Å². The molecule has 3 saturated heterocycles. The Morgan fingerprint density at radius 2 is 1.77 bits per heavy atom. The molecule has 2 atom stereocenters. The van der Waals surface area contributed by atoms with E-state index in [9.17, 15) is 9.59 Å². The highest BCUT2D eigenvalue weighted by molar-refractivity contribution is 5.89. The van der Waals surface area contributed by atoms with Crippen molar-refractivity contribution in [1.29, 1.82) is 0 Å². The van der Waals surface area contributed by atoms with Crippen molar-refractivity contribution in [1.82, 2.24) is 24.6 Å². The number of methoxy groups -OCH3 is 1. The van der Waals surface area contributed by atoms with Gasteiger partial charge in [-0.25, -0.2) is 24.2 Å². The van der Waals surface area contributed by atoms with Crippen LogP contribution in [-0.2, 0) is 14.2 Å². The van der Waals surface area contributed by atoms with E-state index in [1.165, 1.54) is 7.11 Å². The molecular weight excluding hydrogens is 502 g/mol.